The van der Waals surface area contributed by atoms with Crippen molar-refractivity contribution in [2.45, 2.75) is 50.8 Å². The minimum atomic E-state index is -1.17. The Hall–Kier alpha value is -1.18. The number of hydrogen-bond donors (Lipinski definition) is 4. The van der Waals surface area contributed by atoms with Gasteiger partial charge in [0.05, 0.1) is 6.10 Å². The van der Waals surface area contributed by atoms with Crippen molar-refractivity contribution in [3.8, 4) is 0 Å². The molecule has 0 aromatic heterocycles. The Labute approximate surface area is 123 Å². The number of carbonyl (C=O) groups is 2. The lowest BCUT2D eigenvalue weighted by atomic mass is 9.46. The molecule has 0 aromatic carbocycles. The number of aliphatic hydroxyl groups is 1. The molecule has 1 heterocycles. The number of fused-ring (bicyclic) bond motifs is 1. The van der Waals surface area contributed by atoms with Crippen molar-refractivity contribution in [3.05, 3.63) is 0 Å². The minimum Gasteiger partial charge on any atom is -0.480 e. The average molecular weight is 300 g/mol. The molecule has 120 valence electrons. The second-order valence-corrected chi connectivity index (χ2v) is 6.51. The molecular weight excluding hydrogens is 276 g/mol. The summed E-state index contributed by atoms with van der Waals surface area (Å²) in [6.07, 6.45) is 1.54. The topological polar surface area (TPSA) is 122 Å². The van der Waals surface area contributed by atoms with Gasteiger partial charge in [-0.25, -0.2) is 4.79 Å². The second kappa shape index (κ2) is 5.55. The largest absolute Gasteiger partial charge is 0.480 e. The van der Waals surface area contributed by atoms with Crippen molar-refractivity contribution >= 4 is 11.9 Å². The molecule has 1 saturated carbocycles. The highest BCUT2D eigenvalue weighted by Crippen LogP contribution is 2.57. The molecular formula is C14H24N2O5. The SMILES string of the molecule is CC1(C)C2OCCCC2C1(N)C(=O)N[C@H](CCO)C(=O)O. The molecule has 2 fully saturated rings. The van der Waals surface area contributed by atoms with Crippen molar-refractivity contribution in [2.75, 3.05) is 13.2 Å². The van der Waals surface area contributed by atoms with Gasteiger partial charge in [0.25, 0.3) is 0 Å². The van der Waals surface area contributed by atoms with Gasteiger partial charge in [-0.3, -0.25) is 4.79 Å². The number of carboxylic acid groups (broad SMARTS) is 1. The number of nitrogens with one attached hydrogen (secondary N) is 1. The second-order valence-electron chi connectivity index (χ2n) is 6.51. The predicted octanol–water partition coefficient (Wildman–Crippen LogP) is -0.529. The lowest BCUT2D eigenvalue weighted by Gasteiger charge is -2.65. The van der Waals surface area contributed by atoms with Gasteiger partial charge in [-0.2, -0.15) is 0 Å². The third-order valence-electron chi connectivity index (χ3n) is 5.08. The third-order valence-corrected chi connectivity index (χ3v) is 5.08. The number of hydrogen-bond acceptors (Lipinski definition) is 5. The van der Waals surface area contributed by atoms with Gasteiger partial charge in [0.2, 0.25) is 5.91 Å². The molecule has 1 aliphatic carbocycles. The maximum absolute atomic E-state index is 12.6. The molecule has 0 spiro atoms. The van der Waals surface area contributed by atoms with Crippen molar-refractivity contribution in [2.24, 2.45) is 17.1 Å². The molecule has 5 N–H and O–H groups in total. The van der Waals surface area contributed by atoms with Crippen LogP contribution in [0, 0.1) is 11.3 Å². The number of amides is 1. The molecule has 7 nitrogen and oxygen atoms in total. The van der Waals surface area contributed by atoms with Crippen LogP contribution in [0.15, 0.2) is 0 Å². The van der Waals surface area contributed by atoms with E-state index in [4.69, 9.17) is 20.7 Å². The van der Waals surface area contributed by atoms with Crippen molar-refractivity contribution in [3.63, 3.8) is 0 Å². The zero-order valence-electron chi connectivity index (χ0n) is 12.5. The van der Waals surface area contributed by atoms with E-state index in [0.717, 1.165) is 12.8 Å². The summed E-state index contributed by atoms with van der Waals surface area (Å²) in [6, 6.07) is -1.12. The number of carboxylic acids is 1. The molecule has 0 bridgehead atoms. The smallest absolute Gasteiger partial charge is 0.326 e. The summed E-state index contributed by atoms with van der Waals surface area (Å²) >= 11 is 0. The van der Waals surface area contributed by atoms with Gasteiger partial charge in [-0.1, -0.05) is 13.8 Å². The normalized spacial score (nSPS) is 35.2. The summed E-state index contributed by atoms with van der Waals surface area (Å²) in [6.45, 7) is 4.11. The zero-order valence-corrected chi connectivity index (χ0v) is 12.5. The van der Waals surface area contributed by atoms with Crippen LogP contribution < -0.4 is 11.1 Å². The molecule has 0 radical (unpaired) electrons. The van der Waals surface area contributed by atoms with Gasteiger partial charge >= 0.3 is 5.97 Å². The van der Waals surface area contributed by atoms with Crippen LogP contribution in [-0.2, 0) is 14.3 Å². The first kappa shape index (κ1) is 16.2. The Balaban J connectivity index is 2.15. The van der Waals surface area contributed by atoms with Crippen LogP contribution >= 0.6 is 0 Å². The van der Waals surface area contributed by atoms with Gasteiger partial charge < -0.3 is 26.0 Å². The number of nitrogens with two attached hydrogens (primary N) is 1. The fourth-order valence-electron chi connectivity index (χ4n) is 3.70. The third kappa shape index (κ3) is 2.33. The van der Waals surface area contributed by atoms with Crippen LogP contribution in [0.1, 0.15) is 33.1 Å². The van der Waals surface area contributed by atoms with E-state index < -0.39 is 28.9 Å². The lowest BCUT2D eigenvalue weighted by Crippen LogP contribution is -2.82. The van der Waals surface area contributed by atoms with Gasteiger partial charge in [-0.05, 0) is 12.8 Å². The Morgan fingerprint density at radius 1 is 1.48 bits per heavy atom. The van der Waals surface area contributed by atoms with Crippen LogP contribution in [0.25, 0.3) is 0 Å². The van der Waals surface area contributed by atoms with Crippen molar-refractivity contribution < 1.29 is 24.5 Å². The first-order chi connectivity index (χ1) is 9.76. The van der Waals surface area contributed by atoms with E-state index in [1.54, 1.807) is 0 Å². The van der Waals surface area contributed by atoms with Crippen molar-refractivity contribution in [1.82, 2.24) is 5.32 Å². The van der Waals surface area contributed by atoms with E-state index in [0.29, 0.717) is 6.61 Å². The minimum absolute atomic E-state index is 0.0395. The van der Waals surface area contributed by atoms with Crippen molar-refractivity contribution in [1.29, 1.82) is 0 Å². The first-order valence-electron chi connectivity index (χ1n) is 7.32. The molecule has 21 heavy (non-hydrogen) atoms. The highest BCUT2D eigenvalue weighted by Gasteiger charge is 2.70. The zero-order chi connectivity index (χ0) is 15.8. The van der Waals surface area contributed by atoms with E-state index in [1.807, 2.05) is 13.8 Å². The Morgan fingerprint density at radius 2 is 2.14 bits per heavy atom. The molecule has 2 aliphatic rings. The standard InChI is InChI=1S/C14H24N2O5/c1-13(2)10-8(4-3-7-21-10)14(13,15)12(20)16-9(5-6-17)11(18)19/h8-10,17H,3-7,15H2,1-2H3,(H,16,20)(H,18,19)/t8?,9-,10?,14?/m1/s1. The molecule has 4 atom stereocenters. The maximum atomic E-state index is 12.6. The highest BCUT2D eigenvalue weighted by molar-refractivity contribution is 5.92. The van der Waals surface area contributed by atoms with Gasteiger partial charge in [0, 0.05) is 31.0 Å². The van der Waals surface area contributed by atoms with Gasteiger partial charge in [-0.15, -0.1) is 0 Å². The van der Waals surface area contributed by atoms with Crippen LogP contribution in [0.4, 0.5) is 0 Å². The fourth-order valence-corrected chi connectivity index (χ4v) is 3.70. The number of ether oxygens (including phenoxy) is 1. The quantitative estimate of drug-likeness (QED) is 0.541. The fraction of sp³-hybridized carbons (Fsp3) is 0.857. The van der Waals surface area contributed by atoms with Crippen LogP contribution in [0.3, 0.4) is 0 Å². The Bertz CT molecular complexity index is 439. The lowest BCUT2D eigenvalue weighted by molar-refractivity contribution is -0.225. The number of aliphatic hydroxyl groups excluding tert-OH is 1. The summed E-state index contributed by atoms with van der Waals surface area (Å²) in [7, 11) is 0. The van der Waals surface area contributed by atoms with E-state index in [1.165, 1.54) is 0 Å². The average Bonchev–Trinajstić information content (AvgIpc) is 2.45. The van der Waals surface area contributed by atoms with Crippen LogP contribution in [-0.4, -0.2) is 53.0 Å². The highest BCUT2D eigenvalue weighted by atomic mass is 16.5. The molecule has 1 amide bonds. The van der Waals surface area contributed by atoms with Crippen LogP contribution in [0.5, 0.6) is 0 Å². The summed E-state index contributed by atoms with van der Waals surface area (Å²) < 4.78 is 5.72. The van der Waals surface area contributed by atoms with Gasteiger partial charge in [0.15, 0.2) is 0 Å². The molecule has 2 rings (SSSR count). The Morgan fingerprint density at radius 3 is 2.71 bits per heavy atom. The van der Waals surface area contributed by atoms with E-state index in [-0.39, 0.29) is 25.0 Å². The predicted molar refractivity (Wildman–Crippen MR) is 74.4 cm³/mol. The number of rotatable bonds is 5. The first-order valence-corrected chi connectivity index (χ1v) is 7.32. The molecule has 3 unspecified atom stereocenters. The summed E-state index contributed by atoms with van der Waals surface area (Å²) in [5.41, 5.74) is 4.69. The van der Waals surface area contributed by atoms with Gasteiger partial charge in [0.1, 0.15) is 11.6 Å². The van der Waals surface area contributed by atoms with Crippen LogP contribution in [0.2, 0.25) is 0 Å². The molecule has 1 saturated heterocycles. The maximum Gasteiger partial charge on any atom is 0.326 e. The summed E-state index contributed by atoms with van der Waals surface area (Å²) in [5.74, 6) is -1.74. The summed E-state index contributed by atoms with van der Waals surface area (Å²) in [4.78, 5) is 23.7. The molecule has 1 aliphatic heterocycles. The van der Waals surface area contributed by atoms with E-state index in [2.05, 4.69) is 5.32 Å². The molecule has 7 heteroatoms. The number of aliphatic carboxylic acids is 1. The monoisotopic (exact) mass is 300 g/mol. The molecule has 0 aromatic rings. The summed E-state index contributed by atoms with van der Waals surface area (Å²) in [5, 5.41) is 20.4. The Kier molecular flexibility index (Phi) is 4.28. The van der Waals surface area contributed by atoms with E-state index >= 15 is 0 Å². The number of carbonyl (C=O) groups excluding carboxylic acids is 1. The van der Waals surface area contributed by atoms with E-state index in [9.17, 15) is 9.59 Å².